The van der Waals surface area contributed by atoms with Crippen molar-refractivity contribution in [3.05, 3.63) is 28.2 Å². The van der Waals surface area contributed by atoms with Gasteiger partial charge >= 0.3 is 6.09 Å². The number of hydrogen-bond donors (Lipinski definition) is 1. The maximum atomic E-state index is 10.9. The molecule has 0 aromatic heterocycles. The number of amides is 1. The highest BCUT2D eigenvalue weighted by atomic mass is 79.9. The van der Waals surface area contributed by atoms with Gasteiger partial charge in [-0.05, 0) is 28.4 Å². The lowest BCUT2D eigenvalue weighted by atomic mass is 9.89. The Kier molecular flexibility index (Phi) is 2.50. The maximum absolute atomic E-state index is 10.9. The maximum Gasteiger partial charge on any atom is 0.407 e. The minimum atomic E-state index is -0.859. The molecule has 1 N–H and O–H groups in total. The van der Waals surface area contributed by atoms with Gasteiger partial charge in [0.2, 0.25) is 0 Å². The Bertz CT molecular complexity index is 477. The van der Waals surface area contributed by atoms with Gasteiger partial charge in [0.05, 0.1) is 11.0 Å². The van der Waals surface area contributed by atoms with E-state index in [4.69, 9.17) is 9.84 Å². The van der Waals surface area contributed by atoms with E-state index in [0.717, 1.165) is 16.6 Å². The zero-order valence-corrected chi connectivity index (χ0v) is 10.7. The van der Waals surface area contributed by atoms with Crippen molar-refractivity contribution < 1.29 is 14.6 Å². The first-order chi connectivity index (χ1) is 8.16. The number of likely N-dealkylation sites (tertiary alicyclic amines) is 1. The van der Waals surface area contributed by atoms with Crippen molar-refractivity contribution in [1.29, 1.82) is 0 Å². The molecule has 1 amide bonds. The first-order valence-corrected chi connectivity index (χ1v) is 6.39. The number of ether oxygens (including phenoxy) is 1. The van der Waals surface area contributed by atoms with Gasteiger partial charge < -0.3 is 14.7 Å². The third-order valence-corrected chi connectivity index (χ3v) is 4.12. The van der Waals surface area contributed by atoms with Crippen LogP contribution in [0.25, 0.3) is 0 Å². The molecule has 17 heavy (non-hydrogen) atoms. The number of halogens is 1. The highest BCUT2D eigenvalue weighted by Crippen LogP contribution is 2.45. The lowest BCUT2D eigenvalue weighted by Gasteiger charge is -2.32. The number of hydrogen-bond acceptors (Lipinski definition) is 2. The molecule has 0 aliphatic carbocycles. The van der Waals surface area contributed by atoms with Gasteiger partial charge in [0.15, 0.2) is 0 Å². The molecular weight excluding hydrogens is 286 g/mol. The van der Waals surface area contributed by atoms with E-state index in [9.17, 15) is 4.79 Å². The van der Waals surface area contributed by atoms with E-state index >= 15 is 0 Å². The molecule has 2 aliphatic heterocycles. The molecule has 1 aromatic rings. The van der Waals surface area contributed by atoms with Crippen LogP contribution in [-0.4, -0.2) is 35.3 Å². The first kappa shape index (κ1) is 10.9. The van der Waals surface area contributed by atoms with Gasteiger partial charge in [0, 0.05) is 18.0 Å². The molecule has 2 unspecified atom stereocenters. The summed E-state index contributed by atoms with van der Waals surface area (Å²) in [6.45, 7) is 1.05. The summed E-state index contributed by atoms with van der Waals surface area (Å²) >= 11 is 3.47. The fraction of sp³-hybridized carbons (Fsp3) is 0.417. The summed E-state index contributed by atoms with van der Waals surface area (Å²) in [6.07, 6.45) is -0.0592. The molecule has 4 nitrogen and oxygen atoms in total. The molecule has 0 bridgehead atoms. The Morgan fingerprint density at radius 1 is 1.53 bits per heavy atom. The number of piperidine rings is 1. The van der Waals surface area contributed by atoms with Crippen LogP contribution in [0.5, 0.6) is 5.75 Å². The summed E-state index contributed by atoms with van der Waals surface area (Å²) < 4.78 is 6.82. The standard InChI is InChI=1S/C12H12BrNO3/c13-9-3-1-2-8-7-4-5-14(12(15)16)6-10(7)17-11(8)9/h1-3,7,10H,4-6H2,(H,15,16). The quantitative estimate of drug-likeness (QED) is 0.801. The zero-order chi connectivity index (χ0) is 12.0. The molecular formula is C12H12BrNO3. The highest BCUT2D eigenvalue weighted by Gasteiger charge is 2.40. The summed E-state index contributed by atoms with van der Waals surface area (Å²) in [5.41, 5.74) is 1.20. The van der Waals surface area contributed by atoms with E-state index in [1.807, 2.05) is 12.1 Å². The summed E-state index contributed by atoms with van der Waals surface area (Å²) in [6, 6.07) is 6.02. The van der Waals surface area contributed by atoms with Crippen LogP contribution in [0.2, 0.25) is 0 Å². The third kappa shape index (κ3) is 1.69. The summed E-state index contributed by atoms with van der Waals surface area (Å²) in [5.74, 6) is 1.22. The molecule has 1 saturated heterocycles. The summed E-state index contributed by atoms with van der Waals surface area (Å²) in [7, 11) is 0. The first-order valence-electron chi connectivity index (χ1n) is 5.60. The third-order valence-electron chi connectivity index (χ3n) is 3.50. The normalized spacial score (nSPS) is 26.1. The Balaban J connectivity index is 1.89. The SMILES string of the molecule is O=C(O)N1CCC2c3cccc(Br)c3OC2C1. The van der Waals surface area contributed by atoms with Gasteiger partial charge in [0.1, 0.15) is 11.9 Å². The Labute approximate surface area is 107 Å². The van der Waals surface area contributed by atoms with Gasteiger partial charge in [-0.1, -0.05) is 12.1 Å². The molecule has 1 aromatic carbocycles. The van der Waals surface area contributed by atoms with E-state index < -0.39 is 6.09 Å². The average molecular weight is 298 g/mol. The Morgan fingerprint density at radius 3 is 3.12 bits per heavy atom. The molecule has 2 aliphatic rings. The minimum Gasteiger partial charge on any atom is -0.486 e. The topological polar surface area (TPSA) is 49.8 Å². The molecule has 1 fully saturated rings. The van der Waals surface area contributed by atoms with Crippen LogP contribution in [0.15, 0.2) is 22.7 Å². The number of para-hydroxylation sites is 1. The lowest BCUT2D eigenvalue weighted by molar-refractivity contribution is 0.0810. The van der Waals surface area contributed by atoms with Crippen LogP contribution < -0.4 is 4.74 Å². The fourth-order valence-corrected chi connectivity index (χ4v) is 3.13. The van der Waals surface area contributed by atoms with Gasteiger partial charge in [-0.15, -0.1) is 0 Å². The number of rotatable bonds is 0. The van der Waals surface area contributed by atoms with Gasteiger partial charge in [-0.3, -0.25) is 0 Å². The zero-order valence-electron chi connectivity index (χ0n) is 9.10. The van der Waals surface area contributed by atoms with E-state index in [2.05, 4.69) is 22.0 Å². The Hall–Kier alpha value is -1.23. The number of carbonyl (C=O) groups is 1. The van der Waals surface area contributed by atoms with Crippen molar-refractivity contribution in [2.24, 2.45) is 0 Å². The number of nitrogens with zero attached hydrogens (tertiary/aromatic N) is 1. The minimum absolute atomic E-state index is 0.0338. The van der Waals surface area contributed by atoms with Crippen LogP contribution in [0.1, 0.15) is 17.9 Å². The number of fused-ring (bicyclic) bond motifs is 3. The van der Waals surface area contributed by atoms with E-state index in [1.54, 1.807) is 0 Å². The van der Waals surface area contributed by atoms with Crippen molar-refractivity contribution in [2.75, 3.05) is 13.1 Å². The molecule has 0 radical (unpaired) electrons. The van der Waals surface area contributed by atoms with Crippen LogP contribution >= 0.6 is 15.9 Å². The van der Waals surface area contributed by atoms with Gasteiger partial charge in [0.25, 0.3) is 0 Å². The molecule has 2 atom stereocenters. The number of benzene rings is 1. The largest absolute Gasteiger partial charge is 0.486 e. The van der Waals surface area contributed by atoms with Crippen LogP contribution in [-0.2, 0) is 0 Å². The smallest absolute Gasteiger partial charge is 0.407 e. The van der Waals surface area contributed by atoms with Crippen molar-refractivity contribution in [1.82, 2.24) is 4.90 Å². The molecule has 3 rings (SSSR count). The second-order valence-corrected chi connectivity index (χ2v) is 5.29. The van der Waals surface area contributed by atoms with Crippen molar-refractivity contribution in [3.8, 4) is 5.75 Å². The van der Waals surface area contributed by atoms with Gasteiger partial charge in [-0.25, -0.2) is 4.79 Å². The predicted octanol–water partition coefficient (Wildman–Crippen LogP) is 2.68. The molecule has 90 valence electrons. The highest BCUT2D eigenvalue weighted by molar-refractivity contribution is 9.10. The second kappa shape index (κ2) is 3.91. The molecule has 0 saturated carbocycles. The van der Waals surface area contributed by atoms with Crippen LogP contribution in [0, 0.1) is 0 Å². The molecule has 5 heteroatoms. The Morgan fingerprint density at radius 2 is 2.35 bits per heavy atom. The van der Waals surface area contributed by atoms with Crippen molar-refractivity contribution in [2.45, 2.75) is 18.4 Å². The lowest BCUT2D eigenvalue weighted by Crippen LogP contribution is -2.45. The monoisotopic (exact) mass is 297 g/mol. The fourth-order valence-electron chi connectivity index (χ4n) is 2.66. The average Bonchev–Trinajstić information content (AvgIpc) is 2.68. The summed E-state index contributed by atoms with van der Waals surface area (Å²) in [5, 5.41) is 8.99. The van der Waals surface area contributed by atoms with Crippen LogP contribution in [0.4, 0.5) is 4.79 Å². The molecule has 0 spiro atoms. The van der Waals surface area contributed by atoms with Crippen LogP contribution in [0.3, 0.4) is 0 Å². The van der Waals surface area contributed by atoms with Gasteiger partial charge in [-0.2, -0.15) is 0 Å². The number of carboxylic acid groups (broad SMARTS) is 1. The second-order valence-electron chi connectivity index (χ2n) is 4.44. The van der Waals surface area contributed by atoms with Crippen molar-refractivity contribution >= 4 is 22.0 Å². The predicted molar refractivity (Wildman–Crippen MR) is 65.5 cm³/mol. The summed E-state index contributed by atoms with van der Waals surface area (Å²) in [4.78, 5) is 12.4. The molecule has 2 heterocycles. The van der Waals surface area contributed by atoms with E-state index in [1.165, 1.54) is 10.5 Å². The van der Waals surface area contributed by atoms with Crippen molar-refractivity contribution in [3.63, 3.8) is 0 Å². The van der Waals surface area contributed by atoms with E-state index in [-0.39, 0.29) is 6.10 Å². The van der Waals surface area contributed by atoms with E-state index in [0.29, 0.717) is 19.0 Å².